The minimum Gasteiger partial charge on any atom is -0.319 e. The summed E-state index contributed by atoms with van der Waals surface area (Å²) >= 11 is 0. The number of rotatable bonds is 3. The van der Waals surface area contributed by atoms with Gasteiger partial charge in [0.25, 0.3) is 0 Å². The van der Waals surface area contributed by atoms with Gasteiger partial charge in [0.15, 0.2) is 0 Å². The minimum atomic E-state index is -0.0414. The lowest BCUT2D eigenvalue weighted by Crippen LogP contribution is -2.58. The fourth-order valence-electron chi connectivity index (χ4n) is 3.39. The minimum absolute atomic E-state index is 0.0414. The van der Waals surface area contributed by atoms with Crippen molar-refractivity contribution in [3.05, 3.63) is 48.7 Å². The Bertz CT molecular complexity index is 719. The molecule has 1 aromatic heterocycles. The predicted molar refractivity (Wildman–Crippen MR) is 102 cm³/mol. The molecule has 1 aliphatic heterocycles. The Morgan fingerprint density at radius 2 is 1.92 bits per heavy atom. The van der Waals surface area contributed by atoms with Crippen LogP contribution in [-0.2, 0) is 0 Å². The molecule has 1 aromatic carbocycles. The van der Waals surface area contributed by atoms with E-state index in [-0.39, 0.29) is 12.1 Å². The quantitative estimate of drug-likeness (QED) is 0.928. The van der Waals surface area contributed by atoms with Crippen LogP contribution in [0.5, 0.6) is 0 Å². The number of pyridine rings is 1. The van der Waals surface area contributed by atoms with E-state index in [0.29, 0.717) is 6.04 Å². The Balaban J connectivity index is 1.71. The first kappa shape index (κ1) is 17.4. The summed E-state index contributed by atoms with van der Waals surface area (Å²) in [7, 11) is 0. The van der Waals surface area contributed by atoms with Crippen molar-refractivity contribution in [2.45, 2.75) is 32.9 Å². The highest BCUT2D eigenvalue weighted by Gasteiger charge is 2.31. The predicted octanol–water partition coefficient (Wildman–Crippen LogP) is 3.70. The molecule has 2 unspecified atom stereocenters. The third-order valence-corrected chi connectivity index (χ3v) is 4.86. The van der Waals surface area contributed by atoms with Crippen LogP contribution in [0.15, 0.2) is 48.7 Å². The number of carbonyl (C=O) groups is 1. The van der Waals surface area contributed by atoms with Crippen molar-refractivity contribution in [3.8, 4) is 11.3 Å². The van der Waals surface area contributed by atoms with Crippen LogP contribution in [0.3, 0.4) is 0 Å². The maximum atomic E-state index is 12.7. The number of benzene rings is 1. The molecule has 2 atom stereocenters. The van der Waals surface area contributed by atoms with E-state index in [1.807, 2.05) is 47.4 Å². The number of urea groups is 1. The lowest BCUT2D eigenvalue weighted by atomic mass is 10.1. The molecule has 0 spiro atoms. The van der Waals surface area contributed by atoms with Crippen molar-refractivity contribution in [2.75, 3.05) is 25.0 Å². The molecule has 1 N–H and O–H groups in total. The highest BCUT2D eigenvalue weighted by atomic mass is 16.2. The summed E-state index contributed by atoms with van der Waals surface area (Å²) in [5.41, 5.74) is 2.67. The number of hydrogen-bond acceptors (Lipinski definition) is 3. The number of nitrogens with one attached hydrogen (secondary N) is 1. The van der Waals surface area contributed by atoms with E-state index >= 15 is 0 Å². The van der Waals surface area contributed by atoms with E-state index in [2.05, 4.69) is 36.0 Å². The van der Waals surface area contributed by atoms with Gasteiger partial charge in [-0.15, -0.1) is 0 Å². The number of hydrogen-bond donors (Lipinski definition) is 1. The summed E-state index contributed by atoms with van der Waals surface area (Å²) in [6.45, 7) is 9.13. The number of nitrogens with zero attached hydrogens (tertiary/aromatic N) is 3. The van der Waals surface area contributed by atoms with Crippen LogP contribution in [0.1, 0.15) is 20.8 Å². The van der Waals surface area contributed by atoms with Gasteiger partial charge in [-0.3, -0.25) is 9.88 Å². The van der Waals surface area contributed by atoms with Crippen LogP contribution in [0, 0.1) is 0 Å². The van der Waals surface area contributed by atoms with Crippen LogP contribution in [0.2, 0.25) is 0 Å². The first-order valence-corrected chi connectivity index (χ1v) is 8.91. The van der Waals surface area contributed by atoms with Gasteiger partial charge in [0.05, 0.1) is 5.69 Å². The molecule has 25 heavy (non-hydrogen) atoms. The zero-order valence-electron chi connectivity index (χ0n) is 15.1. The van der Waals surface area contributed by atoms with Crippen molar-refractivity contribution < 1.29 is 4.79 Å². The van der Waals surface area contributed by atoms with Crippen LogP contribution >= 0.6 is 0 Å². The molecule has 2 aromatic rings. The molecule has 0 saturated carbocycles. The summed E-state index contributed by atoms with van der Waals surface area (Å²) in [6, 6.07) is 14.3. The fourth-order valence-corrected chi connectivity index (χ4v) is 3.39. The van der Waals surface area contributed by atoms with Gasteiger partial charge in [0, 0.05) is 42.6 Å². The summed E-state index contributed by atoms with van der Waals surface area (Å²) in [6.07, 6.45) is 1.74. The van der Waals surface area contributed by atoms with Gasteiger partial charge in [0.1, 0.15) is 0 Å². The van der Waals surface area contributed by atoms with Crippen LogP contribution in [0.4, 0.5) is 10.5 Å². The molecule has 2 amide bonds. The Hall–Kier alpha value is -2.40. The number of amides is 2. The van der Waals surface area contributed by atoms with E-state index in [0.717, 1.165) is 36.6 Å². The van der Waals surface area contributed by atoms with Gasteiger partial charge in [0.2, 0.25) is 0 Å². The van der Waals surface area contributed by atoms with Crippen LogP contribution < -0.4 is 5.32 Å². The monoisotopic (exact) mass is 338 g/mol. The number of likely N-dealkylation sites (N-methyl/N-ethyl adjacent to an activating group) is 1. The lowest BCUT2D eigenvalue weighted by Gasteiger charge is -2.43. The van der Waals surface area contributed by atoms with E-state index in [1.165, 1.54) is 0 Å². The lowest BCUT2D eigenvalue weighted by molar-refractivity contribution is 0.0720. The van der Waals surface area contributed by atoms with E-state index in [9.17, 15) is 4.79 Å². The van der Waals surface area contributed by atoms with Crippen molar-refractivity contribution in [2.24, 2.45) is 0 Å². The second-order valence-electron chi connectivity index (χ2n) is 6.66. The molecule has 5 nitrogen and oxygen atoms in total. The third-order valence-electron chi connectivity index (χ3n) is 4.86. The largest absolute Gasteiger partial charge is 0.322 e. The number of aromatic nitrogens is 1. The molecule has 1 aliphatic rings. The average Bonchev–Trinajstić information content (AvgIpc) is 2.64. The van der Waals surface area contributed by atoms with Crippen molar-refractivity contribution in [1.82, 2.24) is 14.8 Å². The summed E-state index contributed by atoms with van der Waals surface area (Å²) in [5, 5.41) is 3.03. The summed E-state index contributed by atoms with van der Waals surface area (Å²) in [4.78, 5) is 21.5. The van der Waals surface area contributed by atoms with Gasteiger partial charge < -0.3 is 10.2 Å². The van der Waals surface area contributed by atoms with Gasteiger partial charge in [-0.1, -0.05) is 37.3 Å². The third kappa shape index (κ3) is 3.99. The second-order valence-corrected chi connectivity index (χ2v) is 6.66. The smallest absolute Gasteiger partial charge is 0.319 e. The molecule has 0 aliphatic carbocycles. The SMILES string of the molecule is CCN1CC(C)N(C(=O)Nc2ccnc(-c3ccccc3)c2)CC1C. The van der Waals surface area contributed by atoms with E-state index < -0.39 is 0 Å². The molecule has 0 bridgehead atoms. The zero-order valence-corrected chi connectivity index (χ0v) is 15.1. The van der Waals surface area contributed by atoms with Crippen molar-refractivity contribution >= 4 is 11.7 Å². The molecule has 132 valence electrons. The number of piperazine rings is 1. The molecular formula is C20H26N4O. The molecule has 1 saturated heterocycles. The average molecular weight is 338 g/mol. The fraction of sp³-hybridized carbons (Fsp3) is 0.400. The normalized spacial score (nSPS) is 21.2. The maximum Gasteiger partial charge on any atom is 0.322 e. The van der Waals surface area contributed by atoms with Gasteiger partial charge in [-0.2, -0.15) is 0 Å². The first-order valence-electron chi connectivity index (χ1n) is 8.91. The van der Waals surface area contributed by atoms with Gasteiger partial charge >= 0.3 is 6.03 Å². The zero-order chi connectivity index (χ0) is 17.8. The van der Waals surface area contributed by atoms with Crippen LogP contribution in [-0.4, -0.2) is 52.5 Å². The Kier molecular flexibility index (Phi) is 5.34. The summed E-state index contributed by atoms with van der Waals surface area (Å²) in [5.74, 6) is 0. The van der Waals surface area contributed by atoms with Gasteiger partial charge in [-0.25, -0.2) is 4.79 Å². The standard InChI is InChI=1S/C20H26N4O/c1-4-23-13-16(3)24(14-15(23)2)20(25)22-18-10-11-21-19(12-18)17-8-6-5-7-9-17/h5-12,15-16H,4,13-14H2,1-3H3,(H,21,22,25). The molecule has 3 rings (SSSR count). The molecule has 5 heteroatoms. The molecular weight excluding hydrogens is 312 g/mol. The second kappa shape index (κ2) is 7.66. The molecule has 0 radical (unpaired) electrons. The van der Waals surface area contributed by atoms with E-state index in [4.69, 9.17) is 0 Å². The first-order chi connectivity index (χ1) is 12.1. The van der Waals surface area contributed by atoms with Crippen molar-refractivity contribution in [1.29, 1.82) is 0 Å². The highest BCUT2D eigenvalue weighted by molar-refractivity contribution is 5.90. The topological polar surface area (TPSA) is 48.5 Å². The Morgan fingerprint density at radius 1 is 1.16 bits per heavy atom. The molecule has 1 fully saturated rings. The number of anilines is 1. The van der Waals surface area contributed by atoms with Crippen molar-refractivity contribution in [3.63, 3.8) is 0 Å². The molecule has 2 heterocycles. The Labute approximate surface area is 149 Å². The Morgan fingerprint density at radius 3 is 2.64 bits per heavy atom. The summed E-state index contributed by atoms with van der Waals surface area (Å²) < 4.78 is 0. The van der Waals surface area contributed by atoms with Crippen LogP contribution in [0.25, 0.3) is 11.3 Å². The van der Waals surface area contributed by atoms with Gasteiger partial charge in [-0.05, 0) is 32.5 Å². The highest BCUT2D eigenvalue weighted by Crippen LogP contribution is 2.21. The maximum absolute atomic E-state index is 12.7. The number of carbonyl (C=O) groups excluding carboxylic acids is 1. The van der Waals surface area contributed by atoms with E-state index in [1.54, 1.807) is 6.20 Å².